The normalized spacial score (nSPS) is 24.2. The lowest BCUT2D eigenvalue weighted by molar-refractivity contribution is -0.173. The van der Waals surface area contributed by atoms with E-state index in [4.69, 9.17) is 4.74 Å². The predicted molar refractivity (Wildman–Crippen MR) is 117 cm³/mol. The molecule has 0 aliphatic carbocycles. The summed E-state index contributed by atoms with van der Waals surface area (Å²) in [4.78, 5) is 22.2. The molecule has 2 aliphatic rings. The first-order chi connectivity index (χ1) is 15.1. The van der Waals surface area contributed by atoms with Crippen molar-refractivity contribution in [1.82, 2.24) is 14.8 Å². The van der Waals surface area contributed by atoms with Crippen molar-refractivity contribution >= 4 is 17.2 Å². The smallest absolute Gasteiger partial charge is 0.257 e. The number of hydrogen-bond donors (Lipinski definition) is 0. The van der Waals surface area contributed by atoms with Crippen molar-refractivity contribution in [3.05, 3.63) is 88.1 Å². The van der Waals surface area contributed by atoms with Crippen LogP contribution in [0.25, 0.3) is 0 Å². The molecule has 2 atom stereocenters. The molecular weight excluding hydrogens is 413 g/mol. The average Bonchev–Trinajstić information content (AvgIpc) is 3.41. The summed E-state index contributed by atoms with van der Waals surface area (Å²) in [5, 5.41) is 4.11. The van der Waals surface area contributed by atoms with Crippen LogP contribution < -0.4 is 0 Å². The van der Waals surface area contributed by atoms with Gasteiger partial charge in [-0.25, -0.2) is 4.39 Å². The fraction of sp³-hybridized carbons (Fsp3) is 0.333. The van der Waals surface area contributed by atoms with Crippen LogP contribution in [0.4, 0.5) is 4.39 Å². The molecular formula is C24H24FN3O2S. The number of hydrogen-bond acceptors (Lipinski definition) is 5. The Hall–Kier alpha value is -2.61. The van der Waals surface area contributed by atoms with Gasteiger partial charge in [0.25, 0.3) is 5.91 Å². The van der Waals surface area contributed by atoms with Crippen LogP contribution in [0.5, 0.6) is 0 Å². The number of morpholine rings is 1. The molecule has 7 heteroatoms. The number of aromatic nitrogens is 1. The summed E-state index contributed by atoms with van der Waals surface area (Å²) in [5.41, 5.74) is 2.07. The van der Waals surface area contributed by atoms with Gasteiger partial charge in [-0.05, 0) is 51.7 Å². The molecule has 0 saturated carbocycles. The topological polar surface area (TPSA) is 45.7 Å². The van der Waals surface area contributed by atoms with Crippen molar-refractivity contribution in [2.75, 3.05) is 26.2 Å². The van der Waals surface area contributed by atoms with Crippen LogP contribution in [0.15, 0.2) is 65.6 Å². The van der Waals surface area contributed by atoms with Crippen molar-refractivity contribution in [3.63, 3.8) is 0 Å². The van der Waals surface area contributed by atoms with E-state index in [1.165, 1.54) is 6.07 Å². The lowest BCUT2D eigenvalue weighted by atomic mass is 9.83. The van der Waals surface area contributed by atoms with Gasteiger partial charge in [0.05, 0.1) is 6.61 Å². The van der Waals surface area contributed by atoms with Crippen LogP contribution in [-0.4, -0.2) is 52.5 Å². The first-order valence-electron chi connectivity index (χ1n) is 10.5. The minimum Gasteiger partial charge on any atom is -0.361 e. The molecule has 2 saturated heterocycles. The molecule has 0 bridgehead atoms. The van der Waals surface area contributed by atoms with Crippen molar-refractivity contribution in [1.29, 1.82) is 0 Å². The van der Waals surface area contributed by atoms with Crippen LogP contribution in [-0.2, 0) is 22.6 Å². The Morgan fingerprint density at radius 3 is 2.90 bits per heavy atom. The number of nitrogens with zero attached hydrogens (tertiary/aromatic N) is 3. The number of carbonyl (C=O) groups is 1. The highest BCUT2D eigenvalue weighted by Crippen LogP contribution is 2.42. The highest BCUT2D eigenvalue weighted by atomic mass is 32.1. The van der Waals surface area contributed by atoms with E-state index < -0.39 is 5.60 Å². The number of ether oxygens (including phenoxy) is 1. The van der Waals surface area contributed by atoms with E-state index in [2.05, 4.69) is 21.3 Å². The Morgan fingerprint density at radius 1 is 1.19 bits per heavy atom. The molecule has 0 unspecified atom stereocenters. The maximum atomic E-state index is 13.8. The number of pyridine rings is 1. The van der Waals surface area contributed by atoms with E-state index in [9.17, 15) is 9.18 Å². The number of carbonyl (C=O) groups excluding carboxylic acids is 1. The van der Waals surface area contributed by atoms with Crippen LogP contribution in [0, 0.1) is 5.82 Å². The Balaban J connectivity index is 1.45. The van der Waals surface area contributed by atoms with Gasteiger partial charge in [-0.15, -0.1) is 0 Å². The third kappa shape index (κ3) is 4.01. The molecule has 4 heterocycles. The number of amides is 1. The van der Waals surface area contributed by atoms with Crippen LogP contribution in [0.1, 0.15) is 22.6 Å². The molecule has 1 aromatic carbocycles. The Kier molecular flexibility index (Phi) is 5.56. The van der Waals surface area contributed by atoms with Crippen LogP contribution >= 0.6 is 11.3 Å². The summed E-state index contributed by atoms with van der Waals surface area (Å²) in [7, 11) is 0. The minimum absolute atomic E-state index is 0.0283. The summed E-state index contributed by atoms with van der Waals surface area (Å²) in [5.74, 6) is -0.352. The molecule has 31 heavy (non-hydrogen) atoms. The molecule has 2 aromatic heterocycles. The number of rotatable bonds is 5. The summed E-state index contributed by atoms with van der Waals surface area (Å²) in [6.45, 7) is 3.37. The minimum atomic E-state index is -0.954. The maximum Gasteiger partial charge on any atom is 0.257 e. The number of halogens is 1. The number of likely N-dealkylation sites (tertiary alicyclic amines) is 1. The SMILES string of the molecule is O=C1N(Cc2ccsc2)CCO[C@]12CN(Cc1cccc(F)c1)C[C@@H]2c1cccnc1. The van der Waals surface area contributed by atoms with E-state index in [-0.39, 0.29) is 17.6 Å². The van der Waals surface area contributed by atoms with Gasteiger partial charge in [0.1, 0.15) is 5.82 Å². The summed E-state index contributed by atoms with van der Waals surface area (Å²) in [6.07, 6.45) is 3.56. The summed E-state index contributed by atoms with van der Waals surface area (Å²) < 4.78 is 20.0. The molecule has 1 amide bonds. The van der Waals surface area contributed by atoms with E-state index in [0.717, 1.165) is 16.7 Å². The fourth-order valence-corrected chi connectivity index (χ4v) is 5.43. The first-order valence-corrected chi connectivity index (χ1v) is 11.4. The van der Waals surface area contributed by atoms with Gasteiger partial charge in [-0.2, -0.15) is 11.3 Å². The second-order valence-corrected chi connectivity index (χ2v) is 9.01. The molecule has 2 fully saturated rings. The van der Waals surface area contributed by atoms with Gasteiger partial charge in [-0.3, -0.25) is 14.7 Å². The number of benzene rings is 1. The highest BCUT2D eigenvalue weighted by molar-refractivity contribution is 7.07. The maximum absolute atomic E-state index is 13.8. The van der Waals surface area contributed by atoms with Gasteiger partial charge in [0, 0.05) is 51.0 Å². The second kappa shape index (κ2) is 8.49. The van der Waals surface area contributed by atoms with Crippen LogP contribution in [0.2, 0.25) is 0 Å². The molecule has 5 rings (SSSR count). The van der Waals surface area contributed by atoms with Crippen molar-refractivity contribution in [2.24, 2.45) is 0 Å². The Labute approximate surface area is 185 Å². The largest absolute Gasteiger partial charge is 0.361 e. The van der Waals surface area contributed by atoms with E-state index in [1.54, 1.807) is 29.7 Å². The molecule has 3 aromatic rings. The standard InChI is InChI=1S/C24H24FN3O2S/c25-21-5-1-3-18(11-21)13-27-15-22(20-4-2-7-26-12-20)24(17-27)23(29)28(8-9-30-24)14-19-6-10-31-16-19/h1-7,10-12,16,22H,8-9,13-15,17H2/t22-,24+/m1/s1. The van der Waals surface area contributed by atoms with Gasteiger partial charge in [-0.1, -0.05) is 18.2 Å². The Morgan fingerprint density at radius 2 is 2.13 bits per heavy atom. The molecule has 160 valence electrons. The van der Waals surface area contributed by atoms with Crippen LogP contribution in [0.3, 0.4) is 0 Å². The van der Waals surface area contributed by atoms with E-state index in [1.807, 2.05) is 34.7 Å². The monoisotopic (exact) mass is 437 g/mol. The molecule has 2 aliphatic heterocycles. The fourth-order valence-electron chi connectivity index (χ4n) is 4.77. The highest BCUT2D eigenvalue weighted by Gasteiger charge is 2.56. The lowest BCUT2D eigenvalue weighted by Crippen LogP contribution is -2.59. The van der Waals surface area contributed by atoms with Gasteiger partial charge in [0.2, 0.25) is 0 Å². The lowest BCUT2D eigenvalue weighted by Gasteiger charge is -2.42. The van der Waals surface area contributed by atoms with Gasteiger partial charge < -0.3 is 9.64 Å². The summed E-state index contributed by atoms with van der Waals surface area (Å²) >= 11 is 1.64. The Bertz CT molecular complexity index is 1050. The third-order valence-corrected chi connectivity index (χ3v) is 6.90. The average molecular weight is 438 g/mol. The zero-order valence-corrected chi connectivity index (χ0v) is 17.9. The molecule has 0 radical (unpaired) electrons. The summed E-state index contributed by atoms with van der Waals surface area (Å²) in [6, 6.07) is 12.6. The van der Waals surface area contributed by atoms with E-state index in [0.29, 0.717) is 39.3 Å². The third-order valence-electron chi connectivity index (χ3n) is 6.17. The van der Waals surface area contributed by atoms with E-state index >= 15 is 0 Å². The van der Waals surface area contributed by atoms with Crippen molar-refractivity contribution in [3.8, 4) is 0 Å². The number of thiophene rings is 1. The first kappa shape index (κ1) is 20.3. The zero-order chi connectivity index (χ0) is 21.3. The van der Waals surface area contributed by atoms with Gasteiger partial charge in [0.15, 0.2) is 5.60 Å². The van der Waals surface area contributed by atoms with Crippen molar-refractivity contribution < 1.29 is 13.9 Å². The van der Waals surface area contributed by atoms with Crippen molar-refractivity contribution in [2.45, 2.75) is 24.6 Å². The molecule has 1 spiro atoms. The van der Waals surface area contributed by atoms with Gasteiger partial charge >= 0.3 is 0 Å². The molecule has 5 nitrogen and oxygen atoms in total. The predicted octanol–water partition coefficient (Wildman–Crippen LogP) is 3.68. The zero-order valence-electron chi connectivity index (χ0n) is 17.1. The second-order valence-electron chi connectivity index (χ2n) is 8.23. The quantitative estimate of drug-likeness (QED) is 0.611. The molecule has 0 N–H and O–H groups in total.